The lowest BCUT2D eigenvalue weighted by Gasteiger charge is -2.23. The number of hydrogen-bond donors (Lipinski definition) is 1. The van der Waals surface area contributed by atoms with Crippen LogP contribution in [0.25, 0.3) is 0 Å². The monoisotopic (exact) mass is 380 g/mol. The average Bonchev–Trinajstić information content (AvgIpc) is 2.89. The predicted molar refractivity (Wildman–Crippen MR) is 109 cm³/mol. The van der Waals surface area contributed by atoms with Crippen molar-refractivity contribution in [1.82, 2.24) is 0 Å². The summed E-state index contributed by atoms with van der Waals surface area (Å²) < 4.78 is 4.64. The molecule has 1 fully saturated rings. The number of methoxy groups -OCH3 is 1. The molecule has 1 aliphatic rings. The summed E-state index contributed by atoms with van der Waals surface area (Å²) in [5.41, 5.74) is 0.273. The van der Waals surface area contributed by atoms with Crippen molar-refractivity contribution in [1.29, 1.82) is 0 Å². The van der Waals surface area contributed by atoms with Crippen LogP contribution in [0.15, 0.2) is 12.2 Å². The number of rotatable bonds is 13. The second-order valence-corrected chi connectivity index (χ2v) is 8.85. The Hall–Kier alpha value is -1.16. The normalized spacial score (nSPS) is 23.3. The van der Waals surface area contributed by atoms with Gasteiger partial charge in [-0.25, -0.2) is 0 Å². The van der Waals surface area contributed by atoms with Crippen LogP contribution in [-0.2, 0) is 14.3 Å². The van der Waals surface area contributed by atoms with Gasteiger partial charge in [0, 0.05) is 24.7 Å². The van der Waals surface area contributed by atoms with E-state index in [1.165, 1.54) is 26.4 Å². The number of esters is 1. The first-order valence-electron chi connectivity index (χ1n) is 10.7. The number of hydrogen-bond acceptors (Lipinski definition) is 4. The van der Waals surface area contributed by atoms with Crippen LogP contribution in [0.2, 0.25) is 0 Å². The molecular weight excluding hydrogens is 340 g/mol. The van der Waals surface area contributed by atoms with Gasteiger partial charge in [-0.1, -0.05) is 65.0 Å². The maximum atomic E-state index is 12.3. The van der Waals surface area contributed by atoms with Gasteiger partial charge in [-0.05, 0) is 31.1 Å². The Morgan fingerprint density at radius 1 is 1.22 bits per heavy atom. The molecule has 27 heavy (non-hydrogen) atoms. The molecule has 0 heterocycles. The molecule has 3 atom stereocenters. The Labute approximate surface area is 165 Å². The summed E-state index contributed by atoms with van der Waals surface area (Å²) in [6.45, 7) is 6.79. The van der Waals surface area contributed by atoms with Gasteiger partial charge in [-0.2, -0.15) is 0 Å². The van der Waals surface area contributed by atoms with Crippen LogP contribution in [0, 0.1) is 17.3 Å². The van der Waals surface area contributed by atoms with Crippen molar-refractivity contribution in [3.8, 4) is 0 Å². The minimum atomic E-state index is -0.531. The van der Waals surface area contributed by atoms with Crippen molar-refractivity contribution < 1.29 is 19.4 Å². The van der Waals surface area contributed by atoms with Crippen molar-refractivity contribution in [3.05, 3.63) is 12.2 Å². The topological polar surface area (TPSA) is 63.6 Å². The highest BCUT2D eigenvalue weighted by molar-refractivity contribution is 5.84. The van der Waals surface area contributed by atoms with Gasteiger partial charge in [0.1, 0.15) is 5.78 Å². The predicted octanol–water partition coefficient (Wildman–Crippen LogP) is 5.23. The molecule has 1 saturated carbocycles. The van der Waals surface area contributed by atoms with Crippen LogP contribution in [-0.4, -0.2) is 30.1 Å². The zero-order chi connectivity index (χ0) is 20.3. The summed E-state index contributed by atoms with van der Waals surface area (Å²) in [6, 6.07) is 0. The van der Waals surface area contributed by atoms with Crippen molar-refractivity contribution in [3.63, 3.8) is 0 Å². The van der Waals surface area contributed by atoms with Gasteiger partial charge in [0.15, 0.2) is 0 Å². The molecule has 1 aliphatic carbocycles. The standard InChI is InChI=1S/C23H40O4/c1-5-6-15-23(2,3)16-11-13-19-18(20(24)17-21(19)25)12-9-7-8-10-14-22(26)27-4/h11,13,18-19,21,25H,5-10,12,14-17H2,1-4H3/t18-,19-,21-/m1/s1. The summed E-state index contributed by atoms with van der Waals surface area (Å²) in [7, 11) is 1.41. The van der Waals surface area contributed by atoms with E-state index in [1.54, 1.807) is 0 Å². The third-order valence-electron chi connectivity index (χ3n) is 5.84. The van der Waals surface area contributed by atoms with Gasteiger partial charge in [-0.3, -0.25) is 9.59 Å². The smallest absolute Gasteiger partial charge is 0.305 e. The molecule has 4 nitrogen and oxygen atoms in total. The number of allylic oxidation sites excluding steroid dienone is 1. The molecule has 156 valence electrons. The lowest BCUT2D eigenvalue weighted by atomic mass is 9.82. The average molecular weight is 381 g/mol. The van der Waals surface area contributed by atoms with Crippen molar-refractivity contribution in [2.75, 3.05) is 7.11 Å². The summed E-state index contributed by atoms with van der Waals surface area (Å²) in [5.74, 6) is -0.0294. The molecule has 1 rings (SSSR count). The van der Waals surface area contributed by atoms with E-state index >= 15 is 0 Å². The number of carbonyl (C=O) groups excluding carboxylic acids is 2. The molecule has 0 aliphatic heterocycles. The van der Waals surface area contributed by atoms with E-state index in [2.05, 4.69) is 37.7 Å². The number of ether oxygens (including phenoxy) is 1. The molecule has 0 unspecified atom stereocenters. The number of aliphatic hydroxyl groups excluding tert-OH is 1. The minimum absolute atomic E-state index is 0.0328. The quantitative estimate of drug-likeness (QED) is 0.270. The zero-order valence-corrected chi connectivity index (χ0v) is 17.8. The van der Waals surface area contributed by atoms with Crippen LogP contribution >= 0.6 is 0 Å². The third-order valence-corrected chi connectivity index (χ3v) is 5.84. The van der Waals surface area contributed by atoms with E-state index in [4.69, 9.17) is 0 Å². The largest absolute Gasteiger partial charge is 0.469 e. The van der Waals surface area contributed by atoms with E-state index in [0.717, 1.165) is 38.5 Å². The Bertz CT molecular complexity index is 481. The molecule has 0 aromatic heterocycles. The van der Waals surface area contributed by atoms with Crippen LogP contribution < -0.4 is 0 Å². The number of unbranched alkanes of at least 4 members (excludes halogenated alkanes) is 4. The number of ketones is 1. The molecule has 4 heteroatoms. The van der Waals surface area contributed by atoms with Gasteiger partial charge in [-0.15, -0.1) is 0 Å². The first-order chi connectivity index (χ1) is 12.8. The van der Waals surface area contributed by atoms with Gasteiger partial charge >= 0.3 is 5.97 Å². The van der Waals surface area contributed by atoms with Gasteiger partial charge in [0.05, 0.1) is 13.2 Å². The second kappa shape index (κ2) is 12.3. The van der Waals surface area contributed by atoms with Gasteiger partial charge in [0.2, 0.25) is 0 Å². The Balaban J connectivity index is 2.42. The SMILES string of the molecule is CCCCC(C)(C)CC=C[C@H]1[C@H](O)CC(=O)[C@@H]1CCCCCCC(=O)OC. The first-order valence-corrected chi connectivity index (χ1v) is 10.7. The molecule has 0 aromatic carbocycles. The second-order valence-electron chi connectivity index (χ2n) is 8.85. The highest BCUT2D eigenvalue weighted by Crippen LogP contribution is 2.35. The summed E-state index contributed by atoms with van der Waals surface area (Å²) in [4.78, 5) is 23.4. The van der Waals surface area contributed by atoms with Crippen LogP contribution in [0.5, 0.6) is 0 Å². The summed E-state index contributed by atoms with van der Waals surface area (Å²) >= 11 is 0. The summed E-state index contributed by atoms with van der Waals surface area (Å²) in [5, 5.41) is 10.3. The molecule has 0 saturated heterocycles. The van der Waals surface area contributed by atoms with Crippen LogP contribution in [0.1, 0.15) is 91.4 Å². The van der Waals surface area contributed by atoms with Crippen molar-refractivity contribution in [2.45, 2.75) is 97.5 Å². The highest BCUT2D eigenvalue weighted by atomic mass is 16.5. The molecule has 0 bridgehead atoms. The fourth-order valence-corrected chi connectivity index (χ4v) is 3.98. The molecule has 0 radical (unpaired) electrons. The van der Waals surface area contributed by atoms with E-state index in [-0.39, 0.29) is 29.0 Å². The van der Waals surface area contributed by atoms with Crippen LogP contribution in [0.3, 0.4) is 0 Å². The van der Waals surface area contributed by atoms with E-state index in [9.17, 15) is 14.7 Å². The van der Waals surface area contributed by atoms with E-state index in [1.807, 2.05) is 0 Å². The maximum Gasteiger partial charge on any atom is 0.305 e. The highest BCUT2D eigenvalue weighted by Gasteiger charge is 2.39. The van der Waals surface area contributed by atoms with Crippen molar-refractivity contribution >= 4 is 11.8 Å². The fourth-order valence-electron chi connectivity index (χ4n) is 3.98. The van der Waals surface area contributed by atoms with E-state index < -0.39 is 6.10 Å². The first kappa shape index (κ1) is 23.9. The minimum Gasteiger partial charge on any atom is -0.469 e. The Morgan fingerprint density at radius 3 is 2.59 bits per heavy atom. The molecule has 0 aromatic rings. The Morgan fingerprint density at radius 2 is 1.93 bits per heavy atom. The lowest BCUT2D eigenvalue weighted by Crippen LogP contribution is -2.19. The van der Waals surface area contributed by atoms with E-state index in [0.29, 0.717) is 12.8 Å². The van der Waals surface area contributed by atoms with Gasteiger partial charge < -0.3 is 9.84 Å². The van der Waals surface area contributed by atoms with Crippen molar-refractivity contribution in [2.24, 2.45) is 17.3 Å². The molecule has 0 spiro atoms. The number of aliphatic hydroxyl groups is 1. The number of Topliss-reactive ketones (excluding diaryl/α,β-unsaturated/α-hetero) is 1. The Kier molecular flexibility index (Phi) is 10.9. The molecule has 0 amide bonds. The maximum absolute atomic E-state index is 12.3. The zero-order valence-electron chi connectivity index (χ0n) is 17.8. The van der Waals surface area contributed by atoms with Crippen LogP contribution in [0.4, 0.5) is 0 Å². The van der Waals surface area contributed by atoms with Gasteiger partial charge in [0.25, 0.3) is 0 Å². The molecular formula is C23H40O4. The number of carbonyl (C=O) groups is 2. The molecule has 1 N–H and O–H groups in total. The third kappa shape index (κ3) is 9.05. The summed E-state index contributed by atoms with van der Waals surface area (Å²) in [6.07, 6.45) is 13.8. The fraction of sp³-hybridized carbons (Fsp3) is 0.826. The lowest BCUT2D eigenvalue weighted by molar-refractivity contribution is -0.140.